The second kappa shape index (κ2) is 4.65. The van der Waals surface area contributed by atoms with Gasteiger partial charge in [-0.15, -0.1) is 0 Å². The number of rotatable bonds is 3. The highest BCUT2D eigenvalue weighted by molar-refractivity contribution is 5.88. The van der Waals surface area contributed by atoms with E-state index in [1.807, 2.05) is 19.1 Å². The molecular weight excluding hydrogens is 176 g/mol. The molecule has 0 bridgehead atoms. The molecule has 76 valence electrons. The number of carbonyl (C=O) groups excluding carboxylic acids is 1. The van der Waals surface area contributed by atoms with Crippen molar-refractivity contribution in [1.29, 1.82) is 0 Å². The number of aryl methyl sites for hydroxylation is 2. The van der Waals surface area contributed by atoms with E-state index in [0.717, 1.165) is 24.1 Å². The predicted molar refractivity (Wildman–Crippen MR) is 58.4 cm³/mol. The van der Waals surface area contributed by atoms with E-state index in [1.54, 1.807) is 0 Å². The van der Waals surface area contributed by atoms with Gasteiger partial charge in [-0.1, -0.05) is 31.0 Å². The highest BCUT2D eigenvalue weighted by Gasteiger charge is 2.03. The van der Waals surface area contributed by atoms with Crippen LogP contribution in [0.4, 0.5) is 10.5 Å². The fourth-order valence-electron chi connectivity index (χ4n) is 1.45. The number of nitrogens with two attached hydrogens (primary N) is 1. The quantitative estimate of drug-likeness (QED) is 0.759. The SMILES string of the molecule is CCCc1cc(C)ccc1NC(N)=O. The number of benzene rings is 1. The molecule has 1 aromatic carbocycles. The maximum atomic E-state index is 10.7. The minimum absolute atomic E-state index is 0.508. The van der Waals surface area contributed by atoms with Crippen LogP contribution in [0.5, 0.6) is 0 Å². The zero-order valence-electron chi connectivity index (χ0n) is 8.63. The van der Waals surface area contributed by atoms with E-state index in [2.05, 4.69) is 18.3 Å². The Morgan fingerprint density at radius 2 is 2.21 bits per heavy atom. The molecule has 3 nitrogen and oxygen atoms in total. The number of hydrogen-bond acceptors (Lipinski definition) is 1. The molecule has 2 amide bonds. The molecule has 1 aromatic rings. The van der Waals surface area contributed by atoms with E-state index >= 15 is 0 Å². The maximum absolute atomic E-state index is 10.7. The van der Waals surface area contributed by atoms with Crippen LogP contribution in [0.25, 0.3) is 0 Å². The van der Waals surface area contributed by atoms with Crippen molar-refractivity contribution in [2.45, 2.75) is 26.7 Å². The molecule has 0 spiro atoms. The van der Waals surface area contributed by atoms with Gasteiger partial charge >= 0.3 is 6.03 Å². The minimum atomic E-state index is -0.508. The fourth-order valence-corrected chi connectivity index (χ4v) is 1.45. The first-order valence-electron chi connectivity index (χ1n) is 4.79. The fraction of sp³-hybridized carbons (Fsp3) is 0.364. The van der Waals surface area contributed by atoms with Crippen LogP contribution in [0.3, 0.4) is 0 Å². The van der Waals surface area contributed by atoms with Crippen LogP contribution in [0, 0.1) is 6.92 Å². The summed E-state index contributed by atoms with van der Waals surface area (Å²) in [4.78, 5) is 10.7. The van der Waals surface area contributed by atoms with Crippen molar-refractivity contribution in [3.05, 3.63) is 29.3 Å². The Labute approximate surface area is 84.3 Å². The third-order valence-electron chi connectivity index (χ3n) is 2.04. The Balaban J connectivity index is 2.95. The summed E-state index contributed by atoms with van der Waals surface area (Å²) in [5.74, 6) is 0. The first-order valence-corrected chi connectivity index (χ1v) is 4.79. The van der Waals surface area contributed by atoms with E-state index in [-0.39, 0.29) is 0 Å². The summed E-state index contributed by atoms with van der Waals surface area (Å²) >= 11 is 0. The lowest BCUT2D eigenvalue weighted by Crippen LogP contribution is -2.20. The Kier molecular flexibility index (Phi) is 3.51. The van der Waals surface area contributed by atoms with Gasteiger partial charge in [0, 0.05) is 5.69 Å². The molecule has 0 aliphatic heterocycles. The summed E-state index contributed by atoms with van der Waals surface area (Å²) in [6.07, 6.45) is 2.01. The zero-order chi connectivity index (χ0) is 10.6. The highest BCUT2D eigenvalue weighted by Crippen LogP contribution is 2.18. The van der Waals surface area contributed by atoms with E-state index in [9.17, 15) is 4.79 Å². The topological polar surface area (TPSA) is 55.1 Å². The van der Waals surface area contributed by atoms with Crippen LogP contribution >= 0.6 is 0 Å². The molecule has 0 saturated carbocycles. The van der Waals surface area contributed by atoms with Gasteiger partial charge in [0.2, 0.25) is 0 Å². The van der Waals surface area contributed by atoms with Gasteiger partial charge in [0.1, 0.15) is 0 Å². The normalized spacial score (nSPS) is 9.86. The van der Waals surface area contributed by atoms with Crippen molar-refractivity contribution in [2.75, 3.05) is 5.32 Å². The van der Waals surface area contributed by atoms with Crippen LogP contribution in [0.2, 0.25) is 0 Å². The molecule has 3 N–H and O–H groups in total. The van der Waals surface area contributed by atoms with Crippen LogP contribution in [-0.2, 0) is 6.42 Å². The van der Waals surface area contributed by atoms with Gasteiger partial charge in [0.25, 0.3) is 0 Å². The number of amides is 2. The van der Waals surface area contributed by atoms with Crippen LogP contribution in [-0.4, -0.2) is 6.03 Å². The molecular formula is C11H16N2O. The highest BCUT2D eigenvalue weighted by atomic mass is 16.2. The summed E-state index contributed by atoms with van der Waals surface area (Å²) in [6.45, 7) is 4.14. The van der Waals surface area contributed by atoms with Crippen molar-refractivity contribution in [3.8, 4) is 0 Å². The summed E-state index contributed by atoms with van der Waals surface area (Å²) in [6, 6.07) is 5.43. The first kappa shape index (κ1) is 10.6. The lowest BCUT2D eigenvalue weighted by atomic mass is 10.1. The van der Waals surface area contributed by atoms with Crippen LogP contribution in [0.1, 0.15) is 24.5 Å². The molecule has 0 atom stereocenters. The lowest BCUT2D eigenvalue weighted by Gasteiger charge is -2.09. The standard InChI is InChI=1S/C11H16N2O/c1-3-4-9-7-8(2)5-6-10(9)13-11(12)14/h5-7H,3-4H2,1-2H3,(H3,12,13,14). The van der Waals surface area contributed by atoms with Gasteiger partial charge in [-0.2, -0.15) is 0 Å². The van der Waals surface area contributed by atoms with Crippen LogP contribution < -0.4 is 11.1 Å². The van der Waals surface area contributed by atoms with Crippen LogP contribution in [0.15, 0.2) is 18.2 Å². The second-order valence-corrected chi connectivity index (χ2v) is 3.40. The van der Waals surface area contributed by atoms with Crippen molar-refractivity contribution in [2.24, 2.45) is 5.73 Å². The number of primary amides is 1. The van der Waals surface area contributed by atoms with Crippen molar-refractivity contribution in [3.63, 3.8) is 0 Å². The monoisotopic (exact) mass is 192 g/mol. The molecule has 0 unspecified atom stereocenters. The Bertz CT molecular complexity index is 334. The number of anilines is 1. The summed E-state index contributed by atoms with van der Waals surface area (Å²) in [5, 5.41) is 2.62. The third-order valence-corrected chi connectivity index (χ3v) is 2.04. The van der Waals surface area contributed by atoms with Crippen molar-refractivity contribution >= 4 is 11.7 Å². The van der Waals surface area contributed by atoms with Crippen molar-refractivity contribution < 1.29 is 4.79 Å². The maximum Gasteiger partial charge on any atom is 0.316 e. The Morgan fingerprint density at radius 3 is 2.79 bits per heavy atom. The Morgan fingerprint density at radius 1 is 1.50 bits per heavy atom. The minimum Gasteiger partial charge on any atom is -0.351 e. The predicted octanol–water partition coefficient (Wildman–Crippen LogP) is 2.44. The molecule has 1 rings (SSSR count). The smallest absolute Gasteiger partial charge is 0.316 e. The van der Waals surface area contributed by atoms with Gasteiger partial charge in [0.05, 0.1) is 0 Å². The average molecular weight is 192 g/mol. The van der Waals surface area contributed by atoms with E-state index in [4.69, 9.17) is 5.73 Å². The zero-order valence-corrected chi connectivity index (χ0v) is 8.63. The molecule has 0 aliphatic rings. The first-order chi connectivity index (χ1) is 6.63. The van der Waals surface area contributed by atoms with Gasteiger partial charge < -0.3 is 11.1 Å². The molecule has 0 heterocycles. The number of urea groups is 1. The van der Waals surface area contributed by atoms with Gasteiger partial charge in [0.15, 0.2) is 0 Å². The average Bonchev–Trinajstić information content (AvgIpc) is 2.09. The van der Waals surface area contributed by atoms with Crippen molar-refractivity contribution in [1.82, 2.24) is 0 Å². The largest absolute Gasteiger partial charge is 0.351 e. The second-order valence-electron chi connectivity index (χ2n) is 3.40. The van der Waals surface area contributed by atoms with Gasteiger partial charge in [-0.3, -0.25) is 0 Å². The molecule has 0 aromatic heterocycles. The lowest BCUT2D eigenvalue weighted by molar-refractivity contribution is 0.259. The number of carbonyl (C=O) groups is 1. The molecule has 3 heteroatoms. The summed E-state index contributed by atoms with van der Waals surface area (Å²) in [7, 11) is 0. The number of hydrogen-bond donors (Lipinski definition) is 2. The summed E-state index contributed by atoms with van der Waals surface area (Å²) in [5.41, 5.74) is 8.24. The molecule has 0 saturated heterocycles. The molecule has 0 radical (unpaired) electrons. The third kappa shape index (κ3) is 2.76. The number of nitrogens with one attached hydrogen (secondary N) is 1. The van der Waals surface area contributed by atoms with E-state index < -0.39 is 6.03 Å². The molecule has 0 fully saturated rings. The van der Waals surface area contributed by atoms with Gasteiger partial charge in [-0.25, -0.2) is 4.79 Å². The summed E-state index contributed by atoms with van der Waals surface area (Å²) < 4.78 is 0. The molecule has 0 aliphatic carbocycles. The van der Waals surface area contributed by atoms with E-state index in [0.29, 0.717) is 0 Å². The van der Waals surface area contributed by atoms with Gasteiger partial charge in [-0.05, 0) is 25.0 Å². The Hall–Kier alpha value is -1.51. The van der Waals surface area contributed by atoms with E-state index in [1.165, 1.54) is 5.56 Å². The molecule has 14 heavy (non-hydrogen) atoms.